The number of carbonyl (C=O) groups is 3. The fourth-order valence-electron chi connectivity index (χ4n) is 13.0. The first-order valence-corrected chi connectivity index (χ1v) is 19.6. The van der Waals surface area contributed by atoms with Gasteiger partial charge in [0.15, 0.2) is 5.78 Å². The molecule has 0 saturated heterocycles. The minimum absolute atomic E-state index is 0.0117. The molecule has 5 aliphatic carbocycles. The number of carbonyl (C=O) groups excluding carboxylic acids is 3. The molecule has 0 heterocycles. The van der Waals surface area contributed by atoms with Gasteiger partial charge in [0, 0.05) is 22.2 Å². The molecule has 9 heteroatoms. The molecule has 51 heavy (non-hydrogen) atoms. The summed E-state index contributed by atoms with van der Waals surface area (Å²) in [5, 5.41) is 23.2. The van der Waals surface area contributed by atoms with Crippen LogP contribution in [0.1, 0.15) is 154 Å². The summed E-state index contributed by atoms with van der Waals surface area (Å²) < 4.78 is 11.9. The number of hydrogen-bond acceptors (Lipinski definition) is 8. The SMILES string of the molecule is CC(C)C1=C2[C@H]3CC[C@@]4(C)[C@@](C)(CC[C@H]5C(C)(C)[C@@H](OC(=O)CC(C)(C)C(=O)OC(C)(C)C)CC[C@@]54C)[C@]3(C)CC[C@@]2([C@@H](O)C[N+](=O)[O-])CC1=O. The van der Waals surface area contributed by atoms with Gasteiger partial charge in [0.25, 0.3) is 0 Å². The lowest BCUT2D eigenvalue weighted by Gasteiger charge is -2.76. The second kappa shape index (κ2) is 12.4. The second-order valence-corrected chi connectivity index (χ2v) is 20.9. The lowest BCUT2D eigenvalue weighted by molar-refractivity contribution is -0.494. The third-order valence-corrected chi connectivity index (χ3v) is 16.2. The van der Waals surface area contributed by atoms with Crippen LogP contribution in [0.25, 0.3) is 0 Å². The van der Waals surface area contributed by atoms with Gasteiger partial charge < -0.3 is 14.6 Å². The van der Waals surface area contributed by atoms with Crippen LogP contribution in [0.2, 0.25) is 0 Å². The molecule has 0 aromatic carbocycles. The van der Waals surface area contributed by atoms with Crippen molar-refractivity contribution in [2.45, 2.75) is 172 Å². The summed E-state index contributed by atoms with van der Waals surface area (Å²) in [4.78, 5) is 51.4. The van der Waals surface area contributed by atoms with E-state index in [1.807, 2.05) is 20.8 Å². The van der Waals surface area contributed by atoms with Crippen LogP contribution in [0.4, 0.5) is 0 Å². The molecule has 9 nitrogen and oxygen atoms in total. The topological polar surface area (TPSA) is 133 Å². The van der Waals surface area contributed by atoms with E-state index in [1.165, 1.54) is 0 Å². The number of esters is 2. The van der Waals surface area contributed by atoms with Gasteiger partial charge in [-0.15, -0.1) is 0 Å². The van der Waals surface area contributed by atoms with Crippen molar-refractivity contribution in [1.29, 1.82) is 0 Å². The Kier molecular flexibility index (Phi) is 9.68. The molecule has 9 atom stereocenters. The Labute approximate surface area is 306 Å². The van der Waals surface area contributed by atoms with E-state index in [-0.39, 0.29) is 69.6 Å². The van der Waals surface area contributed by atoms with E-state index in [0.717, 1.165) is 56.1 Å². The number of ether oxygens (including phenoxy) is 2. The third kappa shape index (κ3) is 5.83. The monoisotopic (exact) mass is 713 g/mol. The molecule has 0 bridgehead atoms. The van der Waals surface area contributed by atoms with Gasteiger partial charge in [0.05, 0.1) is 11.8 Å². The third-order valence-electron chi connectivity index (χ3n) is 16.2. The summed E-state index contributed by atoms with van der Waals surface area (Å²) in [6.07, 6.45) is 5.59. The van der Waals surface area contributed by atoms with Crippen molar-refractivity contribution in [3.05, 3.63) is 21.3 Å². The summed E-state index contributed by atoms with van der Waals surface area (Å²) in [5.74, 6) is -0.341. The molecule has 5 aliphatic rings. The Morgan fingerprint density at radius 3 is 2.06 bits per heavy atom. The average Bonchev–Trinajstić information content (AvgIpc) is 3.28. The zero-order valence-electron chi connectivity index (χ0n) is 33.9. The molecule has 0 aromatic heterocycles. The summed E-state index contributed by atoms with van der Waals surface area (Å²) in [6.45, 7) is 27.0. The second-order valence-electron chi connectivity index (χ2n) is 20.9. The van der Waals surface area contributed by atoms with Crippen LogP contribution in [-0.4, -0.2) is 52.1 Å². The van der Waals surface area contributed by atoms with Crippen LogP contribution in [0, 0.1) is 65.8 Å². The highest BCUT2D eigenvalue weighted by molar-refractivity contribution is 6.00. The standard InChI is InChI=1S/C42H67NO8/c1-25(2)32-27(44)22-42(29(45)24-43(48)49)21-20-38(10)26(33(32)42)14-18-41(13)39(11)17-16-30(37(8,9)28(39)15-19-40(38,41)12)50-31(46)23-36(6,7)34(47)51-35(3,4)5/h25-26,28-30,45H,14-24H2,1-13H3/t26-,28+,29+,30+,38-,39+,40+,41-,42+/m1/s1. The van der Waals surface area contributed by atoms with E-state index in [4.69, 9.17) is 9.47 Å². The van der Waals surface area contributed by atoms with Crippen molar-refractivity contribution in [1.82, 2.24) is 0 Å². The first-order valence-electron chi connectivity index (χ1n) is 19.6. The summed E-state index contributed by atoms with van der Waals surface area (Å²) in [5.41, 5.74) is -1.28. The van der Waals surface area contributed by atoms with Crippen molar-refractivity contribution >= 4 is 17.7 Å². The Balaban J connectivity index is 1.45. The maximum absolute atomic E-state index is 13.8. The number of aliphatic hydroxyl groups excluding tert-OH is 1. The van der Waals surface area contributed by atoms with E-state index in [0.29, 0.717) is 12.3 Å². The van der Waals surface area contributed by atoms with Crippen molar-refractivity contribution in [3.8, 4) is 0 Å². The highest BCUT2D eigenvalue weighted by atomic mass is 16.6. The zero-order chi connectivity index (χ0) is 38.5. The number of allylic oxidation sites excluding steroid dienone is 1. The van der Waals surface area contributed by atoms with Gasteiger partial charge in [-0.25, -0.2) is 0 Å². The lowest BCUT2D eigenvalue weighted by Crippen LogP contribution is -2.70. The molecule has 1 N–H and O–H groups in total. The van der Waals surface area contributed by atoms with Gasteiger partial charge >= 0.3 is 11.9 Å². The van der Waals surface area contributed by atoms with Gasteiger partial charge in [0.1, 0.15) is 17.8 Å². The molecule has 0 amide bonds. The van der Waals surface area contributed by atoms with Gasteiger partial charge in [0.2, 0.25) is 6.54 Å². The van der Waals surface area contributed by atoms with Crippen LogP contribution >= 0.6 is 0 Å². The Morgan fingerprint density at radius 2 is 1.49 bits per heavy atom. The molecule has 0 aromatic rings. The predicted molar refractivity (Wildman–Crippen MR) is 196 cm³/mol. The van der Waals surface area contributed by atoms with Crippen LogP contribution < -0.4 is 0 Å². The number of Topliss-reactive ketones (excluding diaryl/α,β-unsaturated/α-hetero) is 1. The Bertz CT molecular complexity index is 1500. The fraction of sp³-hybridized carbons (Fsp3) is 0.881. The number of rotatable bonds is 8. The molecule has 4 saturated carbocycles. The normalized spacial score (nSPS) is 39.7. The molecule has 0 radical (unpaired) electrons. The van der Waals surface area contributed by atoms with E-state index < -0.39 is 40.0 Å². The highest BCUT2D eigenvalue weighted by Crippen LogP contribution is 2.81. The Hall–Kier alpha value is -2.29. The minimum Gasteiger partial charge on any atom is -0.462 e. The Morgan fingerprint density at radius 1 is 0.902 bits per heavy atom. The van der Waals surface area contributed by atoms with Gasteiger partial charge in [-0.3, -0.25) is 24.5 Å². The maximum Gasteiger partial charge on any atom is 0.312 e. The van der Waals surface area contributed by atoms with Crippen LogP contribution in [0.5, 0.6) is 0 Å². The predicted octanol–water partition coefficient (Wildman–Crippen LogP) is 8.66. The average molecular weight is 714 g/mol. The van der Waals surface area contributed by atoms with E-state index in [2.05, 4.69) is 55.4 Å². The van der Waals surface area contributed by atoms with E-state index in [1.54, 1.807) is 13.8 Å². The maximum atomic E-state index is 13.8. The zero-order valence-corrected chi connectivity index (χ0v) is 33.9. The molecule has 0 spiro atoms. The smallest absolute Gasteiger partial charge is 0.312 e. The van der Waals surface area contributed by atoms with Crippen LogP contribution in [0.3, 0.4) is 0 Å². The molecule has 288 valence electrons. The minimum atomic E-state index is -1.19. The summed E-state index contributed by atoms with van der Waals surface area (Å²) in [7, 11) is 0. The summed E-state index contributed by atoms with van der Waals surface area (Å²) >= 11 is 0. The van der Waals surface area contributed by atoms with Crippen molar-refractivity contribution in [2.24, 2.45) is 55.7 Å². The fourth-order valence-corrected chi connectivity index (χ4v) is 13.0. The first kappa shape index (κ1) is 39.9. The molecular formula is C42H67NO8. The highest BCUT2D eigenvalue weighted by Gasteiger charge is 2.75. The van der Waals surface area contributed by atoms with Crippen molar-refractivity contribution < 1.29 is 33.9 Å². The number of hydrogen-bond donors (Lipinski definition) is 1. The molecule has 0 unspecified atom stereocenters. The number of aliphatic hydroxyl groups is 1. The van der Waals surface area contributed by atoms with E-state index in [9.17, 15) is 29.6 Å². The van der Waals surface area contributed by atoms with Gasteiger partial charge in [-0.2, -0.15) is 0 Å². The number of nitrogens with zero attached hydrogens (tertiary/aromatic N) is 1. The van der Waals surface area contributed by atoms with Gasteiger partial charge in [-0.05, 0) is 131 Å². The first-order chi connectivity index (χ1) is 23.1. The molecular weight excluding hydrogens is 646 g/mol. The number of nitro groups is 1. The van der Waals surface area contributed by atoms with Crippen molar-refractivity contribution in [3.63, 3.8) is 0 Å². The van der Waals surface area contributed by atoms with E-state index >= 15 is 0 Å². The van der Waals surface area contributed by atoms with Crippen LogP contribution in [0.15, 0.2) is 11.1 Å². The molecule has 0 aliphatic heterocycles. The molecule has 5 rings (SSSR count). The van der Waals surface area contributed by atoms with Crippen LogP contribution in [-0.2, 0) is 23.9 Å². The number of ketones is 1. The molecule has 4 fully saturated rings. The van der Waals surface area contributed by atoms with Gasteiger partial charge in [-0.1, -0.05) is 61.0 Å². The lowest BCUT2D eigenvalue weighted by atomic mass is 9.28. The van der Waals surface area contributed by atoms with Crippen molar-refractivity contribution in [2.75, 3.05) is 6.54 Å². The number of fused-ring (bicyclic) bond motifs is 7. The quantitative estimate of drug-likeness (QED) is 0.150. The largest absolute Gasteiger partial charge is 0.462 e. The summed E-state index contributed by atoms with van der Waals surface area (Å²) in [6, 6.07) is 0.